The zero-order chi connectivity index (χ0) is 26.6. The Kier molecular flexibility index (Phi) is 7.19. The normalized spacial score (nSPS) is 11.1. The number of amides is 2. The number of anilines is 2. The minimum atomic E-state index is -1.66. The van der Waals surface area contributed by atoms with Gasteiger partial charge in [0, 0.05) is 47.0 Å². The van der Waals surface area contributed by atoms with Crippen LogP contribution >= 0.6 is 0 Å². The third-order valence-corrected chi connectivity index (χ3v) is 5.55. The lowest BCUT2D eigenvalue weighted by atomic mass is 9.99. The van der Waals surface area contributed by atoms with Crippen LogP contribution in [0.5, 0.6) is 0 Å². The Bertz CT molecular complexity index is 1470. The lowest BCUT2D eigenvalue weighted by Crippen LogP contribution is -2.16. The molecule has 0 fully saturated rings. The molecule has 0 saturated carbocycles. The Morgan fingerprint density at radius 1 is 0.946 bits per heavy atom. The maximum Gasteiger partial charge on any atom is 0.412 e. The van der Waals surface area contributed by atoms with Crippen molar-refractivity contribution in [3.8, 4) is 22.4 Å². The maximum atomic E-state index is 14.3. The van der Waals surface area contributed by atoms with E-state index in [2.05, 4.69) is 35.3 Å². The van der Waals surface area contributed by atoms with E-state index in [0.29, 0.717) is 28.3 Å². The van der Waals surface area contributed by atoms with Crippen LogP contribution in [0.1, 0.15) is 35.5 Å². The van der Waals surface area contributed by atoms with Crippen LogP contribution in [0.3, 0.4) is 0 Å². The molecular formula is C27H25FN6O3. The molecule has 9 nitrogen and oxygen atoms in total. The summed E-state index contributed by atoms with van der Waals surface area (Å²) < 4.78 is 18.9. The number of halogens is 1. The Morgan fingerprint density at radius 2 is 1.73 bits per heavy atom. The minimum absolute atomic E-state index is 0.183. The molecule has 0 aliphatic rings. The van der Waals surface area contributed by atoms with Gasteiger partial charge in [-0.1, -0.05) is 6.07 Å². The van der Waals surface area contributed by atoms with E-state index >= 15 is 0 Å². The molecule has 0 spiro atoms. The number of alkyl halides is 1. The van der Waals surface area contributed by atoms with Gasteiger partial charge in [-0.2, -0.15) is 0 Å². The second-order valence-electron chi connectivity index (χ2n) is 8.75. The van der Waals surface area contributed by atoms with Gasteiger partial charge in [0.1, 0.15) is 17.8 Å². The lowest BCUT2D eigenvalue weighted by molar-refractivity contribution is 0.102. The Balaban J connectivity index is 1.60. The van der Waals surface area contributed by atoms with E-state index in [0.717, 1.165) is 16.7 Å². The first-order chi connectivity index (χ1) is 17.6. The molecule has 10 heteroatoms. The largest absolute Gasteiger partial charge is 0.453 e. The Labute approximate surface area is 213 Å². The monoisotopic (exact) mass is 500 g/mol. The van der Waals surface area contributed by atoms with E-state index in [1.54, 1.807) is 24.5 Å². The minimum Gasteiger partial charge on any atom is -0.453 e. The number of aryl methyl sites for hydroxylation is 1. The molecule has 188 valence electrons. The molecule has 0 saturated heterocycles. The SMILES string of the molecule is COC(=O)Nc1cc(-c2cncc(-c3cc(NC(=O)c4ccnc(C(C)(C)F)c4)ccc3C)c2)ncn1. The molecule has 4 rings (SSSR count). The van der Waals surface area contributed by atoms with Gasteiger partial charge >= 0.3 is 6.09 Å². The van der Waals surface area contributed by atoms with Gasteiger partial charge < -0.3 is 10.1 Å². The van der Waals surface area contributed by atoms with Crippen LogP contribution < -0.4 is 10.6 Å². The zero-order valence-corrected chi connectivity index (χ0v) is 20.7. The third-order valence-electron chi connectivity index (χ3n) is 5.55. The van der Waals surface area contributed by atoms with Gasteiger partial charge in [0.05, 0.1) is 18.5 Å². The number of nitrogens with zero attached hydrogens (tertiary/aromatic N) is 4. The van der Waals surface area contributed by atoms with Crippen LogP contribution in [0, 0.1) is 6.92 Å². The van der Waals surface area contributed by atoms with Crippen molar-refractivity contribution in [2.75, 3.05) is 17.7 Å². The molecule has 0 aliphatic carbocycles. The average molecular weight is 501 g/mol. The fraction of sp³-hybridized carbons (Fsp3) is 0.185. The number of hydrogen-bond acceptors (Lipinski definition) is 7. The molecule has 37 heavy (non-hydrogen) atoms. The van der Waals surface area contributed by atoms with Crippen molar-refractivity contribution in [1.29, 1.82) is 0 Å². The van der Waals surface area contributed by atoms with Crippen molar-refractivity contribution in [3.63, 3.8) is 0 Å². The molecular weight excluding hydrogens is 475 g/mol. The van der Waals surface area contributed by atoms with E-state index in [1.807, 2.05) is 25.1 Å². The summed E-state index contributed by atoms with van der Waals surface area (Å²) in [5.41, 5.74) is 3.29. The van der Waals surface area contributed by atoms with Crippen LogP contribution in [-0.4, -0.2) is 39.0 Å². The van der Waals surface area contributed by atoms with Crippen LogP contribution in [0.2, 0.25) is 0 Å². The van der Waals surface area contributed by atoms with Gasteiger partial charge in [-0.05, 0) is 62.2 Å². The predicted octanol–water partition coefficient (Wildman–Crippen LogP) is 5.54. The first kappa shape index (κ1) is 25.4. The summed E-state index contributed by atoms with van der Waals surface area (Å²) in [6, 6.07) is 12.0. The maximum absolute atomic E-state index is 14.3. The van der Waals surface area contributed by atoms with Crippen LogP contribution in [-0.2, 0) is 10.4 Å². The highest BCUT2D eigenvalue weighted by Gasteiger charge is 2.22. The summed E-state index contributed by atoms with van der Waals surface area (Å²) >= 11 is 0. The Hall–Kier alpha value is -4.73. The molecule has 2 amide bonds. The van der Waals surface area contributed by atoms with Crippen molar-refractivity contribution in [1.82, 2.24) is 19.9 Å². The second kappa shape index (κ2) is 10.5. The number of carbonyl (C=O) groups is 2. The summed E-state index contributed by atoms with van der Waals surface area (Å²) in [5.74, 6) is -0.0836. The van der Waals surface area contributed by atoms with Gasteiger partial charge in [-0.3, -0.25) is 20.1 Å². The molecule has 2 N–H and O–H groups in total. The first-order valence-electron chi connectivity index (χ1n) is 11.3. The summed E-state index contributed by atoms with van der Waals surface area (Å²) in [5, 5.41) is 5.38. The smallest absolute Gasteiger partial charge is 0.412 e. The average Bonchev–Trinajstić information content (AvgIpc) is 2.89. The van der Waals surface area contributed by atoms with E-state index in [-0.39, 0.29) is 11.6 Å². The quantitative estimate of drug-likeness (QED) is 0.356. The second-order valence-corrected chi connectivity index (χ2v) is 8.75. The number of methoxy groups -OCH3 is 1. The van der Waals surface area contributed by atoms with Crippen LogP contribution in [0.15, 0.2) is 67.4 Å². The number of rotatable bonds is 6. The molecule has 1 aromatic carbocycles. The zero-order valence-electron chi connectivity index (χ0n) is 20.7. The van der Waals surface area contributed by atoms with E-state index in [9.17, 15) is 14.0 Å². The molecule has 0 aliphatic heterocycles. The van der Waals surface area contributed by atoms with E-state index < -0.39 is 11.8 Å². The Morgan fingerprint density at radius 3 is 2.49 bits per heavy atom. The van der Waals surface area contributed by atoms with Gasteiger partial charge in [0.2, 0.25) is 0 Å². The highest BCUT2D eigenvalue weighted by molar-refractivity contribution is 6.04. The molecule has 3 heterocycles. The first-order valence-corrected chi connectivity index (χ1v) is 11.3. The summed E-state index contributed by atoms with van der Waals surface area (Å²) in [7, 11) is 1.27. The number of nitrogens with one attached hydrogen (secondary N) is 2. The number of ether oxygens (including phenoxy) is 1. The van der Waals surface area contributed by atoms with Gasteiger partial charge in [0.25, 0.3) is 5.91 Å². The molecule has 0 unspecified atom stereocenters. The number of pyridine rings is 2. The van der Waals surface area contributed by atoms with Gasteiger partial charge in [-0.25, -0.2) is 19.2 Å². The lowest BCUT2D eigenvalue weighted by Gasteiger charge is -2.15. The number of aromatic nitrogens is 4. The molecule has 0 radical (unpaired) electrons. The van der Waals surface area contributed by atoms with Crippen molar-refractivity contribution >= 4 is 23.5 Å². The predicted molar refractivity (Wildman–Crippen MR) is 138 cm³/mol. The molecule has 3 aromatic heterocycles. The van der Waals surface area contributed by atoms with Crippen molar-refractivity contribution in [2.24, 2.45) is 0 Å². The fourth-order valence-corrected chi connectivity index (χ4v) is 3.58. The number of hydrogen-bond donors (Lipinski definition) is 2. The van der Waals surface area contributed by atoms with Gasteiger partial charge in [0.15, 0.2) is 0 Å². The van der Waals surface area contributed by atoms with Crippen molar-refractivity contribution in [2.45, 2.75) is 26.4 Å². The molecule has 0 atom stereocenters. The molecule has 0 bridgehead atoms. The third kappa shape index (κ3) is 6.10. The van der Waals surface area contributed by atoms with E-state index in [1.165, 1.54) is 45.6 Å². The van der Waals surface area contributed by atoms with Crippen LogP contribution in [0.25, 0.3) is 22.4 Å². The topological polar surface area (TPSA) is 119 Å². The summed E-state index contributed by atoms with van der Waals surface area (Å²) in [6.07, 6.45) is 5.49. The summed E-state index contributed by atoms with van der Waals surface area (Å²) in [6.45, 7) is 4.74. The van der Waals surface area contributed by atoms with Crippen LogP contribution in [0.4, 0.5) is 20.7 Å². The van der Waals surface area contributed by atoms with Crippen molar-refractivity contribution < 1.29 is 18.7 Å². The summed E-state index contributed by atoms with van der Waals surface area (Å²) in [4.78, 5) is 41.1. The molecule has 4 aromatic rings. The van der Waals surface area contributed by atoms with E-state index in [4.69, 9.17) is 0 Å². The standard InChI is InChI=1S/C27H25FN6O3/c1-16-5-6-20(33-25(35)17-7-8-30-23(10-17)27(2,3)28)11-21(16)18-9-19(14-29-13-18)22-12-24(32-15-31-22)34-26(36)37-4/h5-15H,1-4H3,(H,33,35)(H,31,32,34,36). The number of carbonyl (C=O) groups excluding carboxylic acids is 2. The number of benzene rings is 1. The highest BCUT2D eigenvalue weighted by Crippen LogP contribution is 2.30. The van der Waals surface area contributed by atoms with Crippen molar-refractivity contribution in [3.05, 3.63) is 84.2 Å². The van der Waals surface area contributed by atoms with Gasteiger partial charge in [-0.15, -0.1) is 0 Å². The fourth-order valence-electron chi connectivity index (χ4n) is 3.58. The highest BCUT2D eigenvalue weighted by atomic mass is 19.1.